The van der Waals surface area contributed by atoms with E-state index >= 15 is 0 Å². The molecular formula is C12H17N3O4S. The Hall–Kier alpha value is -1.67. The van der Waals surface area contributed by atoms with Crippen molar-refractivity contribution in [1.29, 1.82) is 0 Å². The minimum absolute atomic E-state index is 0.333. The Kier molecular flexibility index (Phi) is 4.24. The molecule has 0 aromatic carbocycles. The van der Waals surface area contributed by atoms with Crippen LogP contribution in [0.25, 0.3) is 0 Å². The quantitative estimate of drug-likeness (QED) is 0.872. The number of hydrogen-bond acceptors (Lipinski definition) is 5. The van der Waals surface area contributed by atoms with Gasteiger partial charge in [0.15, 0.2) is 0 Å². The zero-order chi connectivity index (χ0) is 14.8. The summed E-state index contributed by atoms with van der Waals surface area (Å²) in [5, 5.41) is 2.67. The number of aromatic nitrogens is 1. The second-order valence-electron chi connectivity index (χ2n) is 4.61. The Morgan fingerprint density at radius 1 is 1.50 bits per heavy atom. The van der Waals surface area contributed by atoms with Gasteiger partial charge in [-0.1, -0.05) is 0 Å². The highest BCUT2D eigenvalue weighted by molar-refractivity contribution is 7.88. The van der Waals surface area contributed by atoms with Crippen molar-refractivity contribution in [2.24, 2.45) is 0 Å². The van der Waals surface area contributed by atoms with E-state index in [9.17, 15) is 13.2 Å². The first kappa shape index (κ1) is 14.7. The van der Waals surface area contributed by atoms with Crippen LogP contribution >= 0.6 is 0 Å². The first-order valence-corrected chi connectivity index (χ1v) is 8.04. The van der Waals surface area contributed by atoms with Crippen molar-refractivity contribution in [3.8, 4) is 5.88 Å². The highest BCUT2D eigenvalue weighted by atomic mass is 32.2. The number of pyridine rings is 1. The van der Waals surface area contributed by atoms with Gasteiger partial charge in [-0.2, -0.15) is 4.31 Å². The van der Waals surface area contributed by atoms with Crippen LogP contribution in [-0.4, -0.2) is 49.6 Å². The third-order valence-electron chi connectivity index (χ3n) is 3.15. The fourth-order valence-corrected chi connectivity index (χ4v) is 3.32. The van der Waals surface area contributed by atoms with Crippen LogP contribution in [0.15, 0.2) is 18.3 Å². The lowest BCUT2D eigenvalue weighted by Crippen LogP contribution is -2.42. The average molecular weight is 299 g/mol. The van der Waals surface area contributed by atoms with Crippen molar-refractivity contribution >= 4 is 21.6 Å². The van der Waals surface area contributed by atoms with Crippen molar-refractivity contribution in [3.05, 3.63) is 18.3 Å². The van der Waals surface area contributed by atoms with Crippen LogP contribution in [-0.2, 0) is 14.8 Å². The molecule has 1 aromatic rings. The Morgan fingerprint density at radius 2 is 2.25 bits per heavy atom. The van der Waals surface area contributed by atoms with Crippen LogP contribution in [0.5, 0.6) is 5.88 Å². The molecule has 0 spiro atoms. The van der Waals surface area contributed by atoms with Crippen LogP contribution in [0.1, 0.15) is 12.8 Å². The summed E-state index contributed by atoms with van der Waals surface area (Å²) in [6, 6.07) is 2.63. The van der Waals surface area contributed by atoms with Gasteiger partial charge in [-0.15, -0.1) is 0 Å². The summed E-state index contributed by atoms with van der Waals surface area (Å²) in [5.41, 5.74) is 0.510. The smallest absolute Gasteiger partial charge is 0.242 e. The molecule has 0 aliphatic carbocycles. The number of rotatable bonds is 4. The van der Waals surface area contributed by atoms with Crippen molar-refractivity contribution in [2.45, 2.75) is 18.9 Å². The SMILES string of the molecule is COc1ccc(NC(=O)[C@H]2CCCN2S(C)(=O)=O)cn1. The standard InChI is InChI=1S/C12H17N3O4S/c1-19-11-6-5-9(8-13-11)14-12(16)10-4-3-7-15(10)20(2,17)18/h5-6,8,10H,3-4,7H2,1-2H3,(H,14,16)/t10-/m1/s1. The number of nitrogens with one attached hydrogen (secondary N) is 1. The first-order chi connectivity index (χ1) is 9.41. The largest absolute Gasteiger partial charge is 0.481 e. The molecule has 1 aliphatic rings. The molecule has 1 aromatic heterocycles. The molecule has 1 aliphatic heterocycles. The fourth-order valence-electron chi connectivity index (χ4n) is 2.20. The monoisotopic (exact) mass is 299 g/mol. The van der Waals surface area contributed by atoms with E-state index in [1.54, 1.807) is 12.1 Å². The van der Waals surface area contributed by atoms with Gasteiger partial charge in [-0.05, 0) is 18.9 Å². The van der Waals surface area contributed by atoms with Gasteiger partial charge in [0.25, 0.3) is 0 Å². The van der Waals surface area contributed by atoms with Crippen molar-refractivity contribution in [1.82, 2.24) is 9.29 Å². The van der Waals surface area contributed by atoms with E-state index in [-0.39, 0.29) is 5.91 Å². The molecular weight excluding hydrogens is 282 g/mol. The zero-order valence-electron chi connectivity index (χ0n) is 11.4. The number of anilines is 1. The number of methoxy groups -OCH3 is 1. The number of nitrogens with zero attached hydrogens (tertiary/aromatic N) is 2. The van der Waals surface area contributed by atoms with Gasteiger partial charge in [-0.3, -0.25) is 4.79 Å². The van der Waals surface area contributed by atoms with Crippen molar-refractivity contribution in [3.63, 3.8) is 0 Å². The Morgan fingerprint density at radius 3 is 2.80 bits per heavy atom. The van der Waals surface area contributed by atoms with E-state index in [1.165, 1.54) is 17.6 Å². The van der Waals surface area contributed by atoms with Crippen molar-refractivity contribution in [2.75, 3.05) is 25.2 Å². The number of sulfonamides is 1. The first-order valence-electron chi connectivity index (χ1n) is 6.19. The molecule has 2 heterocycles. The molecule has 1 atom stereocenters. The highest BCUT2D eigenvalue weighted by Gasteiger charge is 2.36. The minimum Gasteiger partial charge on any atom is -0.481 e. The predicted octanol–water partition coefficient (Wildman–Crippen LogP) is 0.453. The molecule has 1 fully saturated rings. The Labute approximate surface area is 118 Å². The lowest BCUT2D eigenvalue weighted by atomic mass is 10.2. The maximum absolute atomic E-state index is 12.2. The van der Waals surface area contributed by atoms with E-state index in [4.69, 9.17) is 4.74 Å². The average Bonchev–Trinajstić information content (AvgIpc) is 2.89. The lowest BCUT2D eigenvalue weighted by Gasteiger charge is -2.21. The molecule has 0 bridgehead atoms. The summed E-state index contributed by atoms with van der Waals surface area (Å²) in [4.78, 5) is 16.1. The summed E-state index contributed by atoms with van der Waals surface area (Å²) < 4.78 is 29.4. The summed E-state index contributed by atoms with van der Waals surface area (Å²) in [7, 11) is -1.86. The number of carbonyl (C=O) groups is 1. The van der Waals surface area contributed by atoms with Gasteiger partial charge in [0.05, 0.1) is 25.2 Å². The van der Waals surface area contributed by atoms with Gasteiger partial charge in [0, 0.05) is 12.6 Å². The molecule has 1 N–H and O–H groups in total. The van der Waals surface area contributed by atoms with Crippen LogP contribution < -0.4 is 10.1 Å². The molecule has 1 saturated heterocycles. The number of amides is 1. The molecule has 7 nitrogen and oxygen atoms in total. The number of ether oxygens (including phenoxy) is 1. The third kappa shape index (κ3) is 3.26. The summed E-state index contributed by atoms with van der Waals surface area (Å²) in [6.07, 6.45) is 3.80. The predicted molar refractivity (Wildman–Crippen MR) is 74.0 cm³/mol. The van der Waals surface area contributed by atoms with E-state index in [0.29, 0.717) is 31.0 Å². The Balaban J connectivity index is 2.07. The van der Waals surface area contributed by atoms with Gasteiger partial charge in [0.1, 0.15) is 6.04 Å². The van der Waals surface area contributed by atoms with Crippen LogP contribution in [0.4, 0.5) is 5.69 Å². The van der Waals surface area contributed by atoms with E-state index in [1.807, 2.05) is 0 Å². The molecule has 0 unspecified atom stereocenters. The van der Waals surface area contributed by atoms with E-state index in [0.717, 1.165) is 6.26 Å². The summed E-state index contributed by atoms with van der Waals surface area (Å²) in [5.74, 6) is 0.113. The zero-order valence-corrected chi connectivity index (χ0v) is 12.2. The van der Waals surface area contributed by atoms with Crippen LogP contribution in [0.2, 0.25) is 0 Å². The second-order valence-corrected chi connectivity index (χ2v) is 6.55. The van der Waals surface area contributed by atoms with Crippen LogP contribution in [0.3, 0.4) is 0 Å². The normalized spacial score (nSPS) is 19.8. The number of carbonyl (C=O) groups excluding carboxylic acids is 1. The molecule has 110 valence electrons. The lowest BCUT2D eigenvalue weighted by molar-refractivity contribution is -0.119. The van der Waals surface area contributed by atoms with Crippen LogP contribution in [0, 0.1) is 0 Å². The van der Waals surface area contributed by atoms with E-state index < -0.39 is 16.1 Å². The molecule has 0 radical (unpaired) electrons. The molecule has 1 amide bonds. The summed E-state index contributed by atoms with van der Waals surface area (Å²) in [6.45, 7) is 0.387. The summed E-state index contributed by atoms with van der Waals surface area (Å²) >= 11 is 0. The maximum Gasteiger partial charge on any atom is 0.242 e. The molecule has 2 rings (SSSR count). The Bertz CT molecular complexity index is 585. The maximum atomic E-state index is 12.2. The van der Waals surface area contributed by atoms with Gasteiger partial charge < -0.3 is 10.1 Å². The van der Waals surface area contributed by atoms with Gasteiger partial charge in [-0.25, -0.2) is 13.4 Å². The van der Waals surface area contributed by atoms with Gasteiger partial charge in [0.2, 0.25) is 21.8 Å². The molecule has 8 heteroatoms. The highest BCUT2D eigenvalue weighted by Crippen LogP contribution is 2.22. The minimum atomic E-state index is -3.36. The number of hydrogen-bond donors (Lipinski definition) is 1. The van der Waals surface area contributed by atoms with Crippen molar-refractivity contribution < 1.29 is 17.9 Å². The third-order valence-corrected chi connectivity index (χ3v) is 4.43. The van der Waals surface area contributed by atoms with E-state index in [2.05, 4.69) is 10.3 Å². The fraction of sp³-hybridized carbons (Fsp3) is 0.500. The molecule has 20 heavy (non-hydrogen) atoms. The van der Waals surface area contributed by atoms with Gasteiger partial charge >= 0.3 is 0 Å². The molecule has 0 saturated carbocycles. The topological polar surface area (TPSA) is 88.6 Å². The second kappa shape index (κ2) is 5.76.